The number of hydrogen-bond acceptors (Lipinski definition) is 6. The van der Waals surface area contributed by atoms with Gasteiger partial charge < -0.3 is 9.47 Å². The first-order chi connectivity index (χ1) is 15.8. The minimum atomic E-state index is -3.07. The van der Waals surface area contributed by atoms with Gasteiger partial charge in [0.2, 0.25) is 5.91 Å². The topological polar surface area (TPSA) is 85.2 Å². The maximum absolute atomic E-state index is 13.4. The molecule has 2 aliphatic rings. The third-order valence-corrected chi connectivity index (χ3v) is 9.64. The molecule has 180 valence electrons. The Hall–Kier alpha value is -1.29. The number of hydrogen-bond donors (Lipinski definition) is 0. The van der Waals surface area contributed by atoms with E-state index in [0.29, 0.717) is 34.0 Å². The van der Waals surface area contributed by atoms with Crippen LogP contribution in [0.2, 0.25) is 10.0 Å². The molecular formula is C22H28Cl2N4O3S2. The molecule has 1 aliphatic heterocycles. The average Bonchev–Trinajstić information content (AvgIpc) is 3.35. The van der Waals surface area contributed by atoms with Gasteiger partial charge in [-0.25, -0.2) is 8.42 Å². The van der Waals surface area contributed by atoms with Crippen LogP contribution in [-0.4, -0.2) is 63.3 Å². The normalized spacial score (nSPS) is 20.8. The van der Waals surface area contributed by atoms with Gasteiger partial charge in [-0.15, -0.1) is 10.2 Å². The summed E-state index contributed by atoms with van der Waals surface area (Å²) in [6.07, 6.45) is 5.74. The molecule has 0 N–H and O–H groups in total. The van der Waals surface area contributed by atoms with E-state index in [9.17, 15) is 13.2 Å². The first-order valence-electron chi connectivity index (χ1n) is 11.3. The van der Waals surface area contributed by atoms with Gasteiger partial charge in [0.15, 0.2) is 20.8 Å². The molecule has 2 fully saturated rings. The zero-order chi connectivity index (χ0) is 23.6. The molecule has 1 amide bonds. The largest absolute Gasteiger partial charge is 0.335 e. The van der Waals surface area contributed by atoms with Crippen molar-refractivity contribution in [3.63, 3.8) is 0 Å². The van der Waals surface area contributed by atoms with Crippen LogP contribution >= 0.6 is 35.0 Å². The second-order valence-electron chi connectivity index (χ2n) is 8.61. The van der Waals surface area contributed by atoms with Crippen molar-refractivity contribution >= 4 is 50.7 Å². The fourth-order valence-corrected chi connectivity index (χ4v) is 7.89. The van der Waals surface area contributed by atoms with E-state index in [1.165, 1.54) is 18.2 Å². The van der Waals surface area contributed by atoms with E-state index in [1.54, 1.807) is 12.1 Å². The van der Waals surface area contributed by atoms with Crippen molar-refractivity contribution in [3.05, 3.63) is 28.2 Å². The van der Waals surface area contributed by atoms with Crippen molar-refractivity contribution in [1.82, 2.24) is 19.7 Å². The Morgan fingerprint density at radius 1 is 1.15 bits per heavy atom. The molecule has 1 aromatic heterocycles. The molecule has 1 aliphatic carbocycles. The number of aromatic nitrogens is 3. The van der Waals surface area contributed by atoms with Crippen LogP contribution in [0.4, 0.5) is 0 Å². The number of benzene rings is 1. The lowest BCUT2D eigenvalue weighted by Gasteiger charge is -2.38. The molecule has 1 saturated carbocycles. The standard InChI is InChI=1S/C22H28Cl2N4O3S2/c1-2-27-21(18-9-8-15(23)12-19(18)24)25-26-22(27)32-13-20(29)28(16-6-4-3-5-7-16)17-10-11-33(30,31)14-17/h8-9,12,16-17H,2-7,10-11,13-14H2,1H3. The fourth-order valence-electron chi connectivity index (χ4n) is 4.81. The zero-order valence-electron chi connectivity index (χ0n) is 18.5. The number of nitrogens with zero attached hydrogens (tertiary/aromatic N) is 4. The van der Waals surface area contributed by atoms with Crippen molar-refractivity contribution < 1.29 is 13.2 Å². The molecule has 2 heterocycles. The Morgan fingerprint density at radius 2 is 1.91 bits per heavy atom. The van der Waals surface area contributed by atoms with Gasteiger partial charge in [-0.1, -0.05) is 54.2 Å². The lowest BCUT2D eigenvalue weighted by atomic mass is 9.93. The second-order valence-corrected chi connectivity index (χ2v) is 12.6. The van der Waals surface area contributed by atoms with E-state index in [-0.39, 0.29) is 35.2 Å². The van der Waals surface area contributed by atoms with Crippen LogP contribution in [-0.2, 0) is 21.2 Å². The molecule has 1 aromatic carbocycles. The first kappa shape index (κ1) is 24.8. The van der Waals surface area contributed by atoms with Gasteiger partial charge in [-0.2, -0.15) is 0 Å². The van der Waals surface area contributed by atoms with E-state index in [0.717, 1.165) is 31.2 Å². The molecule has 0 radical (unpaired) electrons. The second kappa shape index (κ2) is 10.5. The third-order valence-electron chi connectivity index (χ3n) is 6.39. The van der Waals surface area contributed by atoms with E-state index >= 15 is 0 Å². The predicted octanol–water partition coefficient (Wildman–Crippen LogP) is 4.71. The van der Waals surface area contributed by atoms with Crippen molar-refractivity contribution in [1.29, 1.82) is 0 Å². The van der Waals surface area contributed by atoms with E-state index in [2.05, 4.69) is 10.2 Å². The number of sulfone groups is 1. The maximum Gasteiger partial charge on any atom is 0.233 e. The van der Waals surface area contributed by atoms with Gasteiger partial charge in [-0.3, -0.25) is 4.79 Å². The molecule has 2 aromatic rings. The molecule has 11 heteroatoms. The van der Waals surface area contributed by atoms with Gasteiger partial charge in [0, 0.05) is 29.2 Å². The summed E-state index contributed by atoms with van der Waals surface area (Å²) in [6, 6.07) is 5.13. The summed E-state index contributed by atoms with van der Waals surface area (Å²) in [6.45, 7) is 2.60. The van der Waals surface area contributed by atoms with Gasteiger partial charge >= 0.3 is 0 Å². The highest BCUT2D eigenvalue weighted by molar-refractivity contribution is 7.99. The van der Waals surface area contributed by atoms with Gasteiger partial charge in [0.05, 0.1) is 22.3 Å². The van der Waals surface area contributed by atoms with Gasteiger partial charge in [-0.05, 0) is 44.4 Å². The minimum absolute atomic E-state index is 0.0225. The van der Waals surface area contributed by atoms with E-state index < -0.39 is 9.84 Å². The first-order valence-corrected chi connectivity index (χ1v) is 14.9. The lowest BCUT2D eigenvalue weighted by Crippen LogP contribution is -2.49. The summed E-state index contributed by atoms with van der Waals surface area (Å²) < 4.78 is 26.2. The summed E-state index contributed by atoms with van der Waals surface area (Å²) in [7, 11) is -3.07. The molecule has 33 heavy (non-hydrogen) atoms. The zero-order valence-corrected chi connectivity index (χ0v) is 21.7. The summed E-state index contributed by atoms with van der Waals surface area (Å²) in [5.74, 6) is 1.03. The Morgan fingerprint density at radius 3 is 2.55 bits per heavy atom. The smallest absolute Gasteiger partial charge is 0.233 e. The number of amides is 1. The Kier molecular flexibility index (Phi) is 7.93. The van der Waals surface area contributed by atoms with Crippen LogP contribution < -0.4 is 0 Å². The molecule has 1 saturated heterocycles. The highest BCUT2D eigenvalue weighted by atomic mass is 35.5. The summed E-state index contributed by atoms with van der Waals surface area (Å²) in [4.78, 5) is 15.3. The van der Waals surface area contributed by atoms with E-state index in [4.69, 9.17) is 23.2 Å². The monoisotopic (exact) mass is 530 g/mol. The van der Waals surface area contributed by atoms with Crippen molar-refractivity contribution in [2.45, 2.75) is 69.2 Å². The number of carbonyl (C=O) groups is 1. The number of halogens is 2. The number of thioether (sulfide) groups is 1. The van der Waals surface area contributed by atoms with Crippen LogP contribution in [0.3, 0.4) is 0 Å². The fraction of sp³-hybridized carbons (Fsp3) is 0.591. The molecule has 0 spiro atoms. The van der Waals surface area contributed by atoms with Crippen molar-refractivity contribution in [2.24, 2.45) is 0 Å². The summed E-state index contributed by atoms with van der Waals surface area (Å²) in [5, 5.41) is 10.3. The lowest BCUT2D eigenvalue weighted by molar-refractivity contribution is -0.133. The highest BCUT2D eigenvalue weighted by Gasteiger charge is 2.38. The van der Waals surface area contributed by atoms with Gasteiger partial charge in [0.1, 0.15) is 0 Å². The number of carbonyl (C=O) groups excluding carboxylic acids is 1. The molecular weight excluding hydrogens is 503 g/mol. The Labute approximate surface area is 209 Å². The van der Waals surface area contributed by atoms with Crippen molar-refractivity contribution in [2.75, 3.05) is 17.3 Å². The summed E-state index contributed by atoms with van der Waals surface area (Å²) in [5.41, 5.74) is 0.730. The Bertz CT molecular complexity index is 1120. The van der Waals surface area contributed by atoms with Gasteiger partial charge in [0.25, 0.3) is 0 Å². The Balaban J connectivity index is 1.52. The van der Waals surface area contributed by atoms with Crippen LogP contribution in [0.1, 0.15) is 45.4 Å². The van der Waals surface area contributed by atoms with Crippen LogP contribution in [0.5, 0.6) is 0 Å². The summed E-state index contributed by atoms with van der Waals surface area (Å²) >= 11 is 13.7. The molecule has 1 unspecified atom stereocenters. The quantitative estimate of drug-likeness (QED) is 0.481. The highest BCUT2D eigenvalue weighted by Crippen LogP contribution is 2.33. The van der Waals surface area contributed by atoms with E-state index in [1.807, 2.05) is 22.5 Å². The predicted molar refractivity (Wildman–Crippen MR) is 133 cm³/mol. The molecule has 0 bridgehead atoms. The van der Waals surface area contributed by atoms with Crippen LogP contribution in [0.15, 0.2) is 23.4 Å². The molecule has 1 atom stereocenters. The molecule has 7 nitrogen and oxygen atoms in total. The SMILES string of the molecule is CCn1c(SCC(=O)N(C2CCCCC2)C2CCS(=O)(=O)C2)nnc1-c1ccc(Cl)cc1Cl. The number of rotatable bonds is 7. The van der Waals surface area contributed by atoms with Crippen LogP contribution in [0, 0.1) is 0 Å². The molecule has 4 rings (SSSR count). The van der Waals surface area contributed by atoms with Crippen molar-refractivity contribution in [3.8, 4) is 11.4 Å². The average molecular weight is 532 g/mol. The minimum Gasteiger partial charge on any atom is -0.335 e. The van der Waals surface area contributed by atoms with Crippen LogP contribution in [0.25, 0.3) is 11.4 Å². The maximum atomic E-state index is 13.4. The third kappa shape index (κ3) is 5.69.